The van der Waals surface area contributed by atoms with Gasteiger partial charge in [0.15, 0.2) is 0 Å². The lowest BCUT2D eigenvalue weighted by molar-refractivity contribution is -0.402. The van der Waals surface area contributed by atoms with Crippen molar-refractivity contribution in [1.29, 1.82) is 0 Å². The largest absolute Gasteiger partial charge is 0.433 e. The minimum absolute atomic E-state index is 0.288. The Morgan fingerprint density at radius 1 is 1.29 bits per heavy atom. The summed E-state index contributed by atoms with van der Waals surface area (Å²) in [7, 11) is 0. The van der Waals surface area contributed by atoms with Crippen LogP contribution in [0.25, 0.3) is 17.0 Å². The van der Waals surface area contributed by atoms with Crippen LogP contribution < -0.4 is 5.43 Å². The predicted octanol–water partition coefficient (Wildman–Crippen LogP) is 4.16. The number of pyridine rings is 1. The number of furan rings is 1. The van der Waals surface area contributed by atoms with E-state index in [1.165, 1.54) is 12.1 Å². The highest BCUT2D eigenvalue weighted by molar-refractivity contribution is 5.91. The van der Waals surface area contributed by atoms with Crippen molar-refractivity contribution >= 4 is 34.8 Å². The van der Waals surface area contributed by atoms with Crippen LogP contribution in [0.4, 0.5) is 11.6 Å². The number of benzene rings is 1. The highest BCUT2D eigenvalue weighted by atomic mass is 16.6. The van der Waals surface area contributed by atoms with Crippen LogP contribution in [0.15, 0.2) is 58.1 Å². The van der Waals surface area contributed by atoms with Crippen LogP contribution in [-0.4, -0.2) is 16.1 Å². The van der Waals surface area contributed by atoms with E-state index in [4.69, 9.17) is 4.42 Å². The van der Waals surface area contributed by atoms with Crippen LogP contribution in [0.5, 0.6) is 0 Å². The molecule has 1 aromatic carbocycles. The van der Waals surface area contributed by atoms with E-state index >= 15 is 0 Å². The van der Waals surface area contributed by atoms with Crippen molar-refractivity contribution < 1.29 is 9.34 Å². The number of nitrogens with zero attached hydrogens (tertiary/aromatic N) is 3. The summed E-state index contributed by atoms with van der Waals surface area (Å²) in [6.07, 6.45) is 4.76. The van der Waals surface area contributed by atoms with Crippen molar-refractivity contribution in [3.8, 4) is 0 Å². The van der Waals surface area contributed by atoms with E-state index < -0.39 is 4.92 Å². The van der Waals surface area contributed by atoms with Crippen molar-refractivity contribution in [2.75, 3.05) is 5.43 Å². The van der Waals surface area contributed by atoms with Crippen LogP contribution >= 0.6 is 0 Å². The Labute approximate surface area is 137 Å². The number of nitrogens with one attached hydrogen (secondary N) is 1. The van der Waals surface area contributed by atoms with Crippen molar-refractivity contribution in [3.05, 3.63) is 70.1 Å². The summed E-state index contributed by atoms with van der Waals surface area (Å²) in [5, 5.41) is 15.6. The number of anilines is 1. The van der Waals surface area contributed by atoms with Crippen LogP contribution in [0, 0.1) is 17.0 Å². The summed E-state index contributed by atoms with van der Waals surface area (Å²) in [6.45, 7) is 1.92. The monoisotopic (exact) mass is 322 g/mol. The molecule has 0 saturated heterocycles. The molecule has 0 atom stereocenters. The van der Waals surface area contributed by atoms with E-state index in [-0.39, 0.29) is 5.88 Å². The van der Waals surface area contributed by atoms with Gasteiger partial charge in [0.05, 0.1) is 17.3 Å². The van der Waals surface area contributed by atoms with Gasteiger partial charge in [-0.1, -0.05) is 18.2 Å². The number of fused-ring (bicyclic) bond motifs is 1. The number of nitro groups is 1. The molecule has 24 heavy (non-hydrogen) atoms. The Kier molecular flexibility index (Phi) is 4.33. The average molecular weight is 322 g/mol. The highest BCUT2D eigenvalue weighted by Crippen LogP contribution is 2.22. The number of hydrogen-bond acceptors (Lipinski definition) is 6. The molecule has 7 heteroatoms. The van der Waals surface area contributed by atoms with E-state index in [9.17, 15) is 10.1 Å². The zero-order valence-corrected chi connectivity index (χ0v) is 12.8. The molecule has 0 unspecified atom stereocenters. The second-order valence-electron chi connectivity index (χ2n) is 5.01. The number of aryl methyl sites for hydroxylation is 1. The van der Waals surface area contributed by atoms with Crippen molar-refractivity contribution in [3.63, 3.8) is 0 Å². The van der Waals surface area contributed by atoms with Crippen molar-refractivity contribution in [2.24, 2.45) is 5.10 Å². The first kappa shape index (κ1) is 15.4. The first-order valence-corrected chi connectivity index (χ1v) is 7.20. The molecule has 0 spiro atoms. The number of rotatable bonds is 5. The second-order valence-corrected chi connectivity index (χ2v) is 5.01. The molecular weight excluding hydrogens is 308 g/mol. The minimum Gasteiger partial charge on any atom is -0.401 e. The first-order valence-electron chi connectivity index (χ1n) is 7.20. The Hall–Kier alpha value is -3.48. The predicted molar refractivity (Wildman–Crippen MR) is 93.0 cm³/mol. The molecular formula is C17H14N4O3. The van der Waals surface area contributed by atoms with Crippen LogP contribution in [-0.2, 0) is 0 Å². The molecule has 0 aliphatic carbocycles. The number of allylic oxidation sites excluding steroid dienone is 1. The van der Waals surface area contributed by atoms with E-state index in [1.807, 2.05) is 37.3 Å². The van der Waals surface area contributed by atoms with Gasteiger partial charge in [-0.2, -0.15) is 5.10 Å². The molecule has 120 valence electrons. The summed E-state index contributed by atoms with van der Waals surface area (Å²) in [5.74, 6) is 0.0989. The van der Waals surface area contributed by atoms with Gasteiger partial charge in [-0.25, -0.2) is 0 Å². The van der Waals surface area contributed by atoms with Gasteiger partial charge in [0.1, 0.15) is 10.7 Å². The Bertz CT molecular complexity index is 944. The smallest absolute Gasteiger partial charge is 0.401 e. The van der Waals surface area contributed by atoms with E-state index in [2.05, 4.69) is 15.5 Å². The lowest BCUT2D eigenvalue weighted by Crippen LogP contribution is -1.93. The second kappa shape index (κ2) is 6.74. The molecule has 0 bridgehead atoms. The molecule has 0 radical (unpaired) electrons. The average Bonchev–Trinajstić information content (AvgIpc) is 3.03. The summed E-state index contributed by atoms with van der Waals surface area (Å²) in [5.41, 5.74) is 5.63. The van der Waals surface area contributed by atoms with Gasteiger partial charge in [0.25, 0.3) is 0 Å². The van der Waals surface area contributed by atoms with Crippen LogP contribution in [0.3, 0.4) is 0 Å². The normalized spacial score (nSPS) is 11.5. The first-order chi connectivity index (χ1) is 11.6. The zero-order valence-electron chi connectivity index (χ0n) is 12.8. The lowest BCUT2D eigenvalue weighted by Gasteiger charge is -2.06. The summed E-state index contributed by atoms with van der Waals surface area (Å²) >= 11 is 0. The van der Waals surface area contributed by atoms with Gasteiger partial charge >= 0.3 is 5.88 Å². The SMILES string of the molecule is Cc1cc(N/N=C/C=C/c2ccc([N+](=O)[O-])o2)c2ccccc2n1. The maximum atomic E-state index is 10.5. The molecule has 0 aliphatic rings. The van der Waals surface area contributed by atoms with Gasteiger partial charge in [0.2, 0.25) is 0 Å². The standard InChI is InChI=1S/C17H14N4O3/c1-12-11-16(14-6-2-3-7-15(14)19-12)20-18-10-4-5-13-8-9-17(24-13)21(22)23/h2-11H,1H3,(H,19,20)/b5-4+,18-10+. The molecule has 0 saturated carbocycles. The zero-order chi connectivity index (χ0) is 16.9. The van der Waals surface area contributed by atoms with Gasteiger partial charge in [-0.05, 0) is 37.3 Å². The number of hydrogen-bond donors (Lipinski definition) is 1. The summed E-state index contributed by atoms with van der Waals surface area (Å²) < 4.78 is 5.01. The minimum atomic E-state index is -0.579. The molecule has 1 N–H and O–H groups in total. The third-order valence-electron chi connectivity index (χ3n) is 3.24. The van der Waals surface area contributed by atoms with Gasteiger partial charge < -0.3 is 4.42 Å². The lowest BCUT2D eigenvalue weighted by atomic mass is 10.1. The quantitative estimate of drug-likeness (QED) is 0.432. The molecule has 0 fully saturated rings. The molecule has 3 aromatic rings. The topological polar surface area (TPSA) is 93.6 Å². The number of para-hydroxylation sites is 1. The van der Waals surface area contributed by atoms with Gasteiger partial charge in [-0.15, -0.1) is 0 Å². The Morgan fingerprint density at radius 2 is 2.12 bits per heavy atom. The molecule has 0 amide bonds. The van der Waals surface area contributed by atoms with Crippen LogP contribution in [0.2, 0.25) is 0 Å². The van der Waals surface area contributed by atoms with E-state index in [0.717, 1.165) is 22.3 Å². The fourth-order valence-electron chi connectivity index (χ4n) is 2.22. The molecule has 2 heterocycles. The molecule has 7 nitrogen and oxygen atoms in total. The fourth-order valence-corrected chi connectivity index (χ4v) is 2.22. The molecule has 0 aliphatic heterocycles. The summed E-state index contributed by atoms with van der Waals surface area (Å²) in [4.78, 5) is 14.4. The van der Waals surface area contributed by atoms with E-state index in [0.29, 0.717) is 5.76 Å². The third-order valence-corrected chi connectivity index (χ3v) is 3.24. The highest BCUT2D eigenvalue weighted by Gasteiger charge is 2.09. The van der Waals surface area contributed by atoms with Gasteiger partial charge in [-0.3, -0.25) is 20.5 Å². The molecule has 2 aromatic heterocycles. The molecule has 3 rings (SSSR count). The third kappa shape index (κ3) is 3.46. The Balaban J connectivity index is 1.70. The van der Waals surface area contributed by atoms with E-state index in [1.54, 1.807) is 18.4 Å². The maximum Gasteiger partial charge on any atom is 0.433 e. The van der Waals surface area contributed by atoms with Gasteiger partial charge in [0, 0.05) is 17.3 Å². The fraction of sp³-hybridized carbons (Fsp3) is 0.0588. The number of hydrazone groups is 1. The maximum absolute atomic E-state index is 10.5. The van der Waals surface area contributed by atoms with Crippen molar-refractivity contribution in [1.82, 2.24) is 4.98 Å². The summed E-state index contributed by atoms with van der Waals surface area (Å²) in [6, 6.07) is 12.5. The van der Waals surface area contributed by atoms with Crippen molar-refractivity contribution in [2.45, 2.75) is 6.92 Å². The Morgan fingerprint density at radius 3 is 2.92 bits per heavy atom. The van der Waals surface area contributed by atoms with Crippen LogP contribution in [0.1, 0.15) is 11.5 Å². The number of aromatic nitrogens is 1.